The number of likely N-dealkylation sites (tertiary alicyclic amines) is 1. The van der Waals surface area contributed by atoms with Gasteiger partial charge >= 0.3 is 0 Å². The summed E-state index contributed by atoms with van der Waals surface area (Å²) < 4.78 is 2.11. The summed E-state index contributed by atoms with van der Waals surface area (Å²) in [6, 6.07) is 19.5. The Labute approximate surface area is 170 Å². The molecule has 1 fully saturated rings. The highest BCUT2D eigenvalue weighted by Gasteiger charge is 2.26. The molecule has 0 aliphatic carbocycles. The van der Waals surface area contributed by atoms with Gasteiger partial charge in [-0.15, -0.1) is 0 Å². The second-order valence-corrected chi connectivity index (χ2v) is 7.31. The zero-order valence-corrected chi connectivity index (χ0v) is 16.2. The number of carbonyl (C=O) groups is 1. The minimum absolute atomic E-state index is 0.0979. The Balaban J connectivity index is 1.32. The third-order valence-electron chi connectivity index (χ3n) is 5.30. The zero-order valence-electron chi connectivity index (χ0n) is 16.2. The maximum Gasteiger partial charge on any atom is 0.253 e. The van der Waals surface area contributed by atoms with Crippen molar-refractivity contribution in [2.24, 2.45) is 0 Å². The predicted molar refractivity (Wildman–Crippen MR) is 110 cm³/mol. The molecule has 0 spiro atoms. The van der Waals surface area contributed by atoms with E-state index >= 15 is 0 Å². The Morgan fingerprint density at radius 2 is 1.97 bits per heavy atom. The number of hydrogen-bond acceptors (Lipinski definition) is 4. The summed E-state index contributed by atoms with van der Waals surface area (Å²) in [5.41, 5.74) is 3.64. The highest BCUT2D eigenvalue weighted by Crippen LogP contribution is 2.15. The Morgan fingerprint density at radius 1 is 1.17 bits per heavy atom. The van der Waals surface area contributed by atoms with Crippen LogP contribution in [0, 0.1) is 11.3 Å². The lowest BCUT2D eigenvalue weighted by atomic mass is 10.1. The lowest BCUT2D eigenvalue weighted by Crippen LogP contribution is -2.35. The van der Waals surface area contributed by atoms with Gasteiger partial charge in [0.2, 0.25) is 0 Å². The van der Waals surface area contributed by atoms with Gasteiger partial charge in [0, 0.05) is 44.0 Å². The molecule has 0 radical (unpaired) electrons. The highest BCUT2D eigenvalue weighted by atomic mass is 16.2. The fraction of sp³-hybridized carbons (Fsp3) is 0.261. The van der Waals surface area contributed by atoms with E-state index in [9.17, 15) is 4.79 Å². The van der Waals surface area contributed by atoms with Crippen molar-refractivity contribution in [3.8, 4) is 6.07 Å². The molecule has 4 rings (SSSR count). The first-order chi connectivity index (χ1) is 14.2. The Hall–Kier alpha value is -3.43. The quantitative estimate of drug-likeness (QED) is 0.708. The minimum Gasteiger partial charge on any atom is -0.337 e. The molecule has 1 aliphatic heterocycles. The van der Waals surface area contributed by atoms with Crippen molar-refractivity contribution < 1.29 is 4.79 Å². The summed E-state index contributed by atoms with van der Waals surface area (Å²) in [5, 5.41) is 12.5. The van der Waals surface area contributed by atoms with Crippen LogP contribution < -0.4 is 5.32 Å². The first-order valence-corrected chi connectivity index (χ1v) is 9.78. The monoisotopic (exact) mass is 385 g/mol. The second kappa shape index (κ2) is 8.72. The van der Waals surface area contributed by atoms with E-state index in [0.29, 0.717) is 18.7 Å². The molecule has 1 atom stereocenters. The van der Waals surface area contributed by atoms with Crippen LogP contribution in [0.2, 0.25) is 0 Å². The molecule has 2 aromatic carbocycles. The molecule has 3 aromatic rings. The van der Waals surface area contributed by atoms with Crippen LogP contribution in [0.25, 0.3) is 0 Å². The lowest BCUT2D eigenvalue weighted by Gasteiger charge is -2.17. The van der Waals surface area contributed by atoms with E-state index in [1.807, 2.05) is 72.0 Å². The van der Waals surface area contributed by atoms with Crippen molar-refractivity contribution in [1.82, 2.24) is 19.8 Å². The van der Waals surface area contributed by atoms with Crippen LogP contribution >= 0.6 is 0 Å². The number of amides is 1. The molecule has 1 N–H and O–H groups in total. The number of benzene rings is 2. The summed E-state index contributed by atoms with van der Waals surface area (Å²) >= 11 is 0. The molecule has 1 aliphatic rings. The van der Waals surface area contributed by atoms with Crippen molar-refractivity contribution in [3.05, 3.63) is 89.5 Å². The van der Waals surface area contributed by atoms with Gasteiger partial charge in [-0.3, -0.25) is 4.79 Å². The average Bonchev–Trinajstić information content (AvgIpc) is 3.42. The minimum atomic E-state index is 0.0979. The smallest absolute Gasteiger partial charge is 0.253 e. The van der Waals surface area contributed by atoms with Gasteiger partial charge in [0.05, 0.1) is 23.7 Å². The van der Waals surface area contributed by atoms with Crippen LogP contribution in [-0.4, -0.2) is 39.5 Å². The normalized spacial score (nSPS) is 16.0. The number of hydrogen-bond donors (Lipinski definition) is 1. The number of aromatic nitrogens is 2. The second-order valence-electron chi connectivity index (χ2n) is 7.31. The van der Waals surface area contributed by atoms with Crippen LogP contribution in [0.15, 0.2) is 67.1 Å². The summed E-state index contributed by atoms with van der Waals surface area (Å²) in [4.78, 5) is 18.8. The molecule has 1 aromatic heterocycles. The van der Waals surface area contributed by atoms with E-state index in [1.165, 1.54) is 0 Å². The van der Waals surface area contributed by atoms with E-state index in [2.05, 4.69) is 20.9 Å². The van der Waals surface area contributed by atoms with Gasteiger partial charge in [-0.1, -0.05) is 30.3 Å². The molecule has 29 heavy (non-hydrogen) atoms. The van der Waals surface area contributed by atoms with Crippen molar-refractivity contribution >= 4 is 5.91 Å². The summed E-state index contributed by atoms with van der Waals surface area (Å²) in [7, 11) is 0. The molecular weight excluding hydrogens is 362 g/mol. The third kappa shape index (κ3) is 4.53. The van der Waals surface area contributed by atoms with Gasteiger partial charge in [-0.2, -0.15) is 5.26 Å². The molecule has 0 bridgehead atoms. The van der Waals surface area contributed by atoms with E-state index in [4.69, 9.17) is 5.26 Å². The molecule has 6 heteroatoms. The number of nitrogens with zero attached hydrogens (tertiary/aromatic N) is 4. The Kier molecular flexibility index (Phi) is 5.68. The van der Waals surface area contributed by atoms with Crippen molar-refractivity contribution in [2.45, 2.75) is 25.6 Å². The molecular formula is C23H23N5O. The Morgan fingerprint density at radius 3 is 2.72 bits per heavy atom. The molecule has 6 nitrogen and oxygen atoms in total. The van der Waals surface area contributed by atoms with E-state index in [1.54, 1.807) is 0 Å². The van der Waals surface area contributed by atoms with Gasteiger partial charge in [-0.25, -0.2) is 4.98 Å². The molecule has 0 saturated carbocycles. The number of nitrogens with one attached hydrogen (secondary N) is 1. The average molecular weight is 385 g/mol. The van der Waals surface area contributed by atoms with E-state index < -0.39 is 0 Å². The fourth-order valence-corrected chi connectivity index (χ4v) is 3.64. The van der Waals surface area contributed by atoms with Gasteiger partial charge in [0.25, 0.3) is 5.91 Å². The summed E-state index contributed by atoms with van der Waals surface area (Å²) in [5.74, 6) is 0.0979. The van der Waals surface area contributed by atoms with Crippen LogP contribution in [0.3, 0.4) is 0 Å². The number of rotatable bonds is 6. The maximum atomic E-state index is 12.6. The van der Waals surface area contributed by atoms with Crippen LogP contribution in [0.1, 0.15) is 33.6 Å². The van der Waals surface area contributed by atoms with E-state index in [-0.39, 0.29) is 11.9 Å². The maximum absolute atomic E-state index is 12.6. The van der Waals surface area contributed by atoms with Gasteiger partial charge in [0.1, 0.15) is 0 Å². The number of nitriles is 1. The van der Waals surface area contributed by atoms with Crippen molar-refractivity contribution in [2.75, 3.05) is 13.1 Å². The first-order valence-electron chi connectivity index (χ1n) is 9.78. The Bertz CT molecular complexity index is 1000. The van der Waals surface area contributed by atoms with Gasteiger partial charge in [-0.05, 0) is 36.2 Å². The van der Waals surface area contributed by atoms with Crippen LogP contribution in [0.4, 0.5) is 0 Å². The van der Waals surface area contributed by atoms with Gasteiger partial charge in [0.15, 0.2) is 0 Å². The molecule has 1 saturated heterocycles. The SMILES string of the molecule is N#Cc1ccc(Cn2cncc2CN[C@H]2CCN(C(=O)c3ccccc3)C2)cc1. The topological polar surface area (TPSA) is 74.0 Å². The largest absolute Gasteiger partial charge is 0.337 e. The highest BCUT2D eigenvalue weighted by molar-refractivity contribution is 5.94. The van der Waals surface area contributed by atoms with Crippen molar-refractivity contribution in [1.29, 1.82) is 5.26 Å². The van der Waals surface area contributed by atoms with Gasteiger partial charge < -0.3 is 14.8 Å². The predicted octanol–water partition coefficient (Wildman–Crippen LogP) is 2.81. The first kappa shape index (κ1) is 18.9. The number of carbonyl (C=O) groups excluding carboxylic acids is 1. The summed E-state index contributed by atoms with van der Waals surface area (Å²) in [6.07, 6.45) is 4.65. The molecule has 1 amide bonds. The van der Waals surface area contributed by atoms with Crippen LogP contribution in [0.5, 0.6) is 0 Å². The zero-order chi connectivity index (χ0) is 20.1. The molecule has 2 heterocycles. The summed E-state index contributed by atoms with van der Waals surface area (Å²) in [6.45, 7) is 2.91. The third-order valence-corrected chi connectivity index (χ3v) is 5.30. The van der Waals surface area contributed by atoms with E-state index in [0.717, 1.165) is 36.3 Å². The number of imidazole rings is 1. The van der Waals surface area contributed by atoms with Crippen LogP contribution in [-0.2, 0) is 13.1 Å². The standard InChI is InChI=1S/C23H23N5O/c24-12-18-6-8-19(9-7-18)15-28-17-25-13-22(28)14-26-21-10-11-27(16-21)23(29)20-4-2-1-3-5-20/h1-9,13,17,21,26H,10-11,14-16H2/t21-/m0/s1. The van der Waals surface area contributed by atoms with Crippen molar-refractivity contribution in [3.63, 3.8) is 0 Å². The lowest BCUT2D eigenvalue weighted by molar-refractivity contribution is 0.0789. The molecule has 146 valence electrons. The molecule has 0 unspecified atom stereocenters. The fourth-order valence-electron chi connectivity index (χ4n) is 3.64.